The van der Waals surface area contributed by atoms with Gasteiger partial charge in [0.1, 0.15) is 0 Å². The fraction of sp³-hybridized carbons (Fsp3) is 0.975. The normalized spacial score (nSPS) is 11.3. The molecule has 0 aromatic carbocycles. The molecule has 0 aliphatic rings. The Balaban J connectivity index is 0. The molecule has 0 atom stereocenters. The Kier molecular flexibility index (Phi) is 43.1. The van der Waals surface area contributed by atoms with Gasteiger partial charge in [0, 0.05) is 5.97 Å². The van der Waals surface area contributed by atoms with Gasteiger partial charge in [0.05, 0.1) is 0 Å². The molecule has 4 heteroatoms. The number of aliphatic carboxylic acids is 1. The Morgan fingerprint density at radius 3 is 0.795 bits per heavy atom. The maximum absolute atomic E-state index is 10.7. The van der Waals surface area contributed by atoms with E-state index in [1.54, 1.807) is 0 Å². The van der Waals surface area contributed by atoms with Gasteiger partial charge >= 0.3 is 18.9 Å². The van der Waals surface area contributed by atoms with Gasteiger partial charge in [-0.25, -0.2) is 0 Å². The van der Waals surface area contributed by atoms with Crippen molar-refractivity contribution in [1.29, 1.82) is 0 Å². The summed E-state index contributed by atoms with van der Waals surface area (Å²) >= 11 is 0. The fourth-order valence-electron chi connectivity index (χ4n) is 6.53. The molecule has 0 N–H and O–H groups in total. The van der Waals surface area contributed by atoms with Crippen LogP contribution in [-0.4, -0.2) is 30.5 Å². The first-order chi connectivity index (χ1) is 21.2. The molecule has 258 valence electrons. The quantitative estimate of drug-likeness (QED) is 0.0515. The van der Waals surface area contributed by atoms with Gasteiger partial charge < -0.3 is 14.8 Å². The molecule has 0 radical (unpaired) electrons. The van der Waals surface area contributed by atoms with Gasteiger partial charge in [-0.2, -0.15) is 0 Å². The van der Waals surface area contributed by atoms with Crippen LogP contribution in [0.5, 0.6) is 0 Å². The van der Waals surface area contributed by atoms with Crippen LogP contribution in [0, 0.1) is 0 Å². The SMILES string of the molecule is CCCCCCCCCCCCCCCCCN(CCCCCCCCCCCCCCCCC)CCCCCC(=O)[O-].[Li+]. The molecule has 3 nitrogen and oxygen atoms in total. The maximum Gasteiger partial charge on any atom is 1.00 e. The van der Waals surface area contributed by atoms with Crippen LogP contribution in [0.2, 0.25) is 0 Å². The number of carbonyl (C=O) groups excluding carboxylic acids is 1. The summed E-state index contributed by atoms with van der Waals surface area (Å²) in [6.07, 6.45) is 45.8. The van der Waals surface area contributed by atoms with Crippen molar-refractivity contribution >= 4 is 5.97 Å². The zero-order valence-electron chi connectivity index (χ0n) is 30.9. The summed E-state index contributed by atoms with van der Waals surface area (Å²) in [6.45, 7) is 8.20. The van der Waals surface area contributed by atoms with Gasteiger partial charge in [0.2, 0.25) is 0 Å². The molecule has 0 rings (SSSR count). The van der Waals surface area contributed by atoms with E-state index >= 15 is 0 Å². The van der Waals surface area contributed by atoms with Crippen LogP contribution in [-0.2, 0) is 4.79 Å². The van der Waals surface area contributed by atoms with E-state index in [-0.39, 0.29) is 25.3 Å². The summed E-state index contributed by atoms with van der Waals surface area (Å²) in [5.41, 5.74) is 0. The fourth-order valence-corrected chi connectivity index (χ4v) is 6.53. The van der Waals surface area contributed by atoms with Gasteiger partial charge in [-0.05, 0) is 51.7 Å². The second-order valence-corrected chi connectivity index (χ2v) is 13.9. The maximum atomic E-state index is 10.7. The molecule has 0 bridgehead atoms. The van der Waals surface area contributed by atoms with Crippen molar-refractivity contribution in [3.05, 3.63) is 0 Å². The summed E-state index contributed by atoms with van der Waals surface area (Å²) in [5.74, 6) is -0.896. The minimum atomic E-state index is -0.896. The standard InChI is InChI=1S/C40H81NO2.Li/c1-3-5-7-9-11-13-15-17-19-21-23-25-27-29-33-37-41(39-35-31-32-36-40(42)43)38-34-30-28-26-24-22-20-18-16-14-12-10-8-6-4-2;/h3-39H2,1-2H3,(H,42,43);/q;+1/p-1. The molecule has 0 unspecified atom stereocenters. The summed E-state index contributed by atoms with van der Waals surface area (Å²) in [4.78, 5) is 13.4. The van der Waals surface area contributed by atoms with Crippen molar-refractivity contribution < 1.29 is 28.8 Å². The van der Waals surface area contributed by atoms with E-state index in [0.717, 1.165) is 25.8 Å². The Morgan fingerprint density at radius 2 is 0.568 bits per heavy atom. The van der Waals surface area contributed by atoms with Crippen molar-refractivity contribution in [3.8, 4) is 0 Å². The first kappa shape index (κ1) is 46.1. The van der Waals surface area contributed by atoms with Crippen LogP contribution >= 0.6 is 0 Å². The monoisotopic (exact) mass is 614 g/mol. The number of nitrogens with zero attached hydrogens (tertiary/aromatic N) is 1. The second-order valence-electron chi connectivity index (χ2n) is 13.9. The van der Waals surface area contributed by atoms with Crippen LogP contribution in [0.1, 0.15) is 232 Å². The van der Waals surface area contributed by atoms with Crippen LogP contribution in [0.15, 0.2) is 0 Å². The largest absolute Gasteiger partial charge is 1.00 e. The molecule has 0 spiro atoms. The molecule has 44 heavy (non-hydrogen) atoms. The molecule has 0 saturated heterocycles. The molecular formula is C40H80LiNO2. The van der Waals surface area contributed by atoms with Crippen molar-refractivity contribution in [2.45, 2.75) is 232 Å². The number of carboxylic acid groups (broad SMARTS) is 1. The summed E-state index contributed by atoms with van der Waals surface area (Å²) in [7, 11) is 0. The molecule has 0 amide bonds. The summed E-state index contributed by atoms with van der Waals surface area (Å²) < 4.78 is 0. The first-order valence-corrected chi connectivity index (χ1v) is 20.1. The molecular weight excluding hydrogens is 533 g/mol. The number of hydrogen-bond donors (Lipinski definition) is 0. The summed E-state index contributed by atoms with van der Waals surface area (Å²) in [5, 5.41) is 10.7. The van der Waals surface area contributed by atoms with Gasteiger partial charge in [-0.15, -0.1) is 0 Å². The second kappa shape index (κ2) is 41.1. The van der Waals surface area contributed by atoms with Gasteiger partial charge in [0.15, 0.2) is 0 Å². The smallest absolute Gasteiger partial charge is 0.550 e. The van der Waals surface area contributed by atoms with Crippen LogP contribution < -0.4 is 24.0 Å². The van der Waals surface area contributed by atoms with E-state index in [1.807, 2.05) is 0 Å². The van der Waals surface area contributed by atoms with E-state index in [2.05, 4.69) is 18.7 Å². The van der Waals surface area contributed by atoms with Crippen LogP contribution in [0.25, 0.3) is 0 Å². The zero-order valence-corrected chi connectivity index (χ0v) is 30.9. The average molecular weight is 614 g/mol. The molecule has 0 aliphatic carbocycles. The zero-order chi connectivity index (χ0) is 31.3. The van der Waals surface area contributed by atoms with E-state index in [0.29, 0.717) is 0 Å². The molecule has 0 aromatic heterocycles. The topological polar surface area (TPSA) is 43.4 Å². The van der Waals surface area contributed by atoms with Crippen molar-refractivity contribution in [2.24, 2.45) is 0 Å². The third kappa shape index (κ3) is 40.1. The molecule has 0 heterocycles. The number of carboxylic acids is 1. The molecule has 0 aliphatic heterocycles. The van der Waals surface area contributed by atoms with Gasteiger partial charge in [-0.3, -0.25) is 0 Å². The number of carbonyl (C=O) groups is 1. The van der Waals surface area contributed by atoms with Gasteiger partial charge in [0.25, 0.3) is 0 Å². The number of unbranched alkanes of at least 4 members (excludes halogenated alkanes) is 30. The van der Waals surface area contributed by atoms with E-state index < -0.39 is 5.97 Å². The Hall–Kier alpha value is 0.0274. The Morgan fingerprint density at radius 1 is 0.364 bits per heavy atom. The van der Waals surface area contributed by atoms with Crippen LogP contribution in [0.3, 0.4) is 0 Å². The molecule has 0 fully saturated rings. The predicted octanol–water partition coefficient (Wildman–Crippen LogP) is 9.35. The first-order valence-electron chi connectivity index (χ1n) is 20.1. The third-order valence-electron chi connectivity index (χ3n) is 9.51. The Bertz CT molecular complexity index is 496. The van der Waals surface area contributed by atoms with Crippen LogP contribution in [0.4, 0.5) is 0 Å². The van der Waals surface area contributed by atoms with Crippen molar-refractivity contribution in [1.82, 2.24) is 4.90 Å². The third-order valence-corrected chi connectivity index (χ3v) is 9.51. The Labute approximate surface area is 290 Å². The number of hydrogen-bond acceptors (Lipinski definition) is 3. The van der Waals surface area contributed by atoms with Gasteiger partial charge in [-0.1, -0.05) is 200 Å². The summed E-state index contributed by atoms with van der Waals surface area (Å²) in [6, 6.07) is 0. The minimum Gasteiger partial charge on any atom is -0.550 e. The van der Waals surface area contributed by atoms with E-state index in [1.165, 1.54) is 206 Å². The van der Waals surface area contributed by atoms with Crippen molar-refractivity contribution in [2.75, 3.05) is 19.6 Å². The van der Waals surface area contributed by atoms with Crippen molar-refractivity contribution in [3.63, 3.8) is 0 Å². The number of rotatable bonds is 38. The molecule has 0 aromatic rings. The van der Waals surface area contributed by atoms with E-state index in [9.17, 15) is 9.90 Å². The minimum absolute atomic E-state index is 0. The predicted molar refractivity (Wildman–Crippen MR) is 190 cm³/mol. The molecule has 0 saturated carbocycles. The van der Waals surface area contributed by atoms with E-state index in [4.69, 9.17) is 0 Å². The average Bonchev–Trinajstić information content (AvgIpc) is 3.00.